The summed E-state index contributed by atoms with van der Waals surface area (Å²) >= 11 is 0. The average Bonchev–Trinajstić information content (AvgIpc) is 2.27. The van der Waals surface area contributed by atoms with E-state index in [2.05, 4.69) is 0 Å². The highest BCUT2D eigenvalue weighted by Gasteiger charge is 2.22. The van der Waals surface area contributed by atoms with Crippen LogP contribution in [0.5, 0.6) is 0 Å². The van der Waals surface area contributed by atoms with E-state index in [0.717, 1.165) is 0 Å². The molecule has 0 radical (unpaired) electrons. The molecule has 0 aliphatic carbocycles. The zero-order valence-corrected chi connectivity index (χ0v) is 12.2. The Hall–Kier alpha value is -0.250. The lowest BCUT2D eigenvalue weighted by Gasteiger charge is -2.19. The van der Waals surface area contributed by atoms with Gasteiger partial charge in [0.05, 0.1) is 12.2 Å². The normalized spacial score (nSPS) is 15.7. The van der Waals surface area contributed by atoms with Gasteiger partial charge in [0.1, 0.15) is 5.75 Å². The fourth-order valence-electron chi connectivity index (χ4n) is 1.60. The molecule has 19 heavy (non-hydrogen) atoms. The fraction of sp³-hybridized carbons (Fsp3) is 1.00. The molecule has 2 unspecified atom stereocenters. The fourth-order valence-corrected chi connectivity index (χ4v) is 2.25. The van der Waals surface area contributed by atoms with Gasteiger partial charge >= 0.3 is 0 Å². The van der Waals surface area contributed by atoms with Crippen molar-refractivity contribution in [2.45, 2.75) is 51.6 Å². The lowest BCUT2D eigenvalue weighted by Crippen LogP contribution is -2.33. The van der Waals surface area contributed by atoms with Crippen molar-refractivity contribution in [3.8, 4) is 0 Å². The van der Waals surface area contributed by atoms with E-state index in [0.29, 0.717) is 26.1 Å². The van der Waals surface area contributed by atoms with Gasteiger partial charge in [-0.15, -0.1) is 0 Å². The molecule has 7 nitrogen and oxygen atoms in total. The molecular formula is C11H24O7S. The van der Waals surface area contributed by atoms with Crippen LogP contribution in [0.1, 0.15) is 33.1 Å². The molecule has 2 atom stereocenters. The molecule has 0 aromatic rings. The summed E-state index contributed by atoms with van der Waals surface area (Å²) in [6.45, 7) is 4.71. The van der Waals surface area contributed by atoms with Gasteiger partial charge in [0.15, 0.2) is 6.29 Å². The van der Waals surface area contributed by atoms with Crippen LogP contribution in [-0.2, 0) is 19.6 Å². The first-order valence-electron chi connectivity index (χ1n) is 6.34. The minimum atomic E-state index is -4.29. The van der Waals surface area contributed by atoms with Crippen LogP contribution in [0.3, 0.4) is 0 Å². The summed E-state index contributed by atoms with van der Waals surface area (Å²) in [5.41, 5.74) is 0. The first kappa shape index (κ1) is 18.8. The summed E-state index contributed by atoms with van der Waals surface area (Å²) in [4.78, 5) is 0. The molecule has 0 rings (SSSR count). The second-order valence-electron chi connectivity index (χ2n) is 4.15. The molecule has 0 bridgehead atoms. The third kappa shape index (κ3) is 10.2. The number of rotatable bonds is 11. The zero-order valence-electron chi connectivity index (χ0n) is 11.4. The molecule has 0 amide bonds. The minimum Gasteiger partial charge on any atom is -0.390 e. The number of hydrogen-bond donors (Lipinski definition) is 3. The quantitative estimate of drug-likeness (QED) is 0.368. The lowest BCUT2D eigenvalue weighted by molar-refractivity contribution is -0.141. The number of aliphatic hydroxyl groups excluding tert-OH is 2. The van der Waals surface area contributed by atoms with Gasteiger partial charge in [-0.05, 0) is 33.1 Å². The highest BCUT2D eigenvalue weighted by molar-refractivity contribution is 7.85. The summed E-state index contributed by atoms with van der Waals surface area (Å²) in [5.74, 6) is -0.867. The first-order chi connectivity index (χ1) is 8.80. The Morgan fingerprint density at radius 2 is 1.53 bits per heavy atom. The SMILES string of the molecule is CCOC(CCCC(O)C(O)CS(=O)(=O)O)OCC. The molecule has 0 aliphatic heterocycles. The lowest BCUT2D eigenvalue weighted by atomic mass is 10.1. The van der Waals surface area contributed by atoms with Crippen molar-refractivity contribution >= 4 is 10.1 Å². The molecule has 3 N–H and O–H groups in total. The summed E-state index contributed by atoms with van der Waals surface area (Å²) in [6.07, 6.45) is -1.81. The zero-order chi connectivity index (χ0) is 14.9. The van der Waals surface area contributed by atoms with Crippen LogP contribution in [0, 0.1) is 0 Å². The highest BCUT2D eigenvalue weighted by atomic mass is 32.2. The standard InChI is InChI=1S/C11H24O7S/c1-3-17-11(18-4-2)7-5-6-9(12)10(13)8-19(14,15)16/h9-13H,3-8H2,1-2H3,(H,14,15,16). The Balaban J connectivity index is 3.97. The second kappa shape index (κ2) is 9.62. The molecule has 0 aromatic heterocycles. The molecular weight excluding hydrogens is 276 g/mol. The number of aliphatic hydroxyl groups is 2. The van der Waals surface area contributed by atoms with Gasteiger partial charge in [-0.3, -0.25) is 4.55 Å². The molecule has 0 aromatic carbocycles. The summed E-state index contributed by atoms with van der Waals surface area (Å²) in [6, 6.07) is 0. The van der Waals surface area contributed by atoms with Crippen molar-refractivity contribution in [3.63, 3.8) is 0 Å². The van der Waals surface area contributed by atoms with Crippen LogP contribution in [0.25, 0.3) is 0 Å². The molecule has 116 valence electrons. The molecule has 0 aliphatic rings. The third-order valence-corrected chi connectivity index (χ3v) is 3.23. The molecule has 0 spiro atoms. The van der Waals surface area contributed by atoms with E-state index in [1.54, 1.807) is 0 Å². The maximum Gasteiger partial charge on any atom is 0.267 e. The largest absolute Gasteiger partial charge is 0.390 e. The van der Waals surface area contributed by atoms with Crippen LogP contribution in [0.2, 0.25) is 0 Å². The van der Waals surface area contributed by atoms with Crippen LogP contribution < -0.4 is 0 Å². The Bertz CT molecular complexity index is 311. The van der Waals surface area contributed by atoms with Gasteiger partial charge < -0.3 is 19.7 Å². The number of hydrogen-bond acceptors (Lipinski definition) is 6. The van der Waals surface area contributed by atoms with Crippen molar-refractivity contribution in [1.29, 1.82) is 0 Å². The maximum absolute atomic E-state index is 10.5. The van der Waals surface area contributed by atoms with Gasteiger partial charge in [-0.2, -0.15) is 8.42 Å². The predicted octanol–water partition coefficient (Wildman–Crippen LogP) is 0.165. The van der Waals surface area contributed by atoms with Crippen molar-refractivity contribution in [3.05, 3.63) is 0 Å². The van der Waals surface area contributed by atoms with Gasteiger partial charge in [0.2, 0.25) is 0 Å². The van der Waals surface area contributed by atoms with Crippen molar-refractivity contribution in [2.24, 2.45) is 0 Å². The van der Waals surface area contributed by atoms with Crippen LogP contribution in [0.4, 0.5) is 0 Å². The van der Waals surface area contributed by atoms with E-state index in [4.69, 9.17) is 14.0 Å². The van der Waals surface area contributed by atoms with E-state index >= 15 is 0 Å². The van der Waals surface area contributed by atoms with E-state index < -0.39 is 28.1 Å². The molecule has 0 saturated heterocycles. The van der Waals surface area contributed by atoms with E-state index in [9.17, 15) is 18.6 Å². The summed E-state index contributed by atoms with van der Waals surface area (Å²) in [7, 11) is -4.29. The number of ether oxygens (including phenoxy) is 2. The van der Waals surface area contributed by atoms with Crippen LogP contribution >= 0.6 is 0 Å². The Morgan fingerprint density at radius 3 is 1.95 bits per heavy atom. The second-order valence-corrected chi connectivity index (χ2v) is 5.65. The van der Waals surface area contributed by atoms with E-state index in [1.165, 1.54) is 0 Å². The molecule has 0 heterocycles. The third-order valence-electron chi connectivity index (χ3n) is 2.47. The van der Waals surface area contributed by atoms with Crippen molar-refractivity contribution in [1.82, 2.24) is 0 Å². The van der Waals surface area contributed by atoms with Gasteiger partial charge in [-0.1, -0.05) is 0 Å². The topological polar surface area (TPSA) is 113 Å². The Kier molecular flexibility index (Phi) is 9.50. The molecule has 0 saturated carbocycles. The average molecular weight is 300 g/mol. The summed E-state index contributed by atoms with van der Waals surface area (Å²) in [5, 5.41) is 18.9. The Morgan fingerprint density at radius 1 is 1.00 bits per heavy atom. The van der Waals surface area contributed by atoms with Gasteiger partial charge in [-0.25, -0.2) is 0 Å². The maximum atomic E-state index is 10.5. The molecule has 8 heteroatoms. The van der Waals surface area contributed by atoms with Crippen molar-refractivity contribution < 1.29 is 32.7 Å². The highest BCUT2D eigenvalue weighted by Crippen LogP contribution is 2.11. The monoisotopic (exact) mass is 300 g/mol. The smallest absolute Gasteiger partial charge is 0.267 e. The summed E-state index contributed by atoms with van der Waals surface area (Å²) < 4.78 is 40.2. The predicted molar refractivity (Wildman–Crippen MR) is 69.3 cm³/mol. The van der Waals surface area contributed by atoms with Crippen LogP contribution in [-0.4, -0.2) is 60.6 Å². The Labute approximate surface area is 114 Å². The van der Waals surface area contributed by atoms with E-state index in [-0.39, 0.29) is 12.7 Å². The van der Waals surface area contributed by atoms with Crippen molar-refractivity contribution in [2.75, 3.05) is 19.0 Å². The minimum absolute atomic E-state index is 0.202. The molecule has 0 fully saturated rings. The van der Waals surface area contributed by atoms with E-state index in [1.807, 2.05) is 13.8 Å². The van der Waals surface area contributed by atoms with Gasteiger partial charge in [0.25, 0.3) is 10.1 Å². The van der Waals surface area contributed by atoms with Gasteiger partial charge in [0, 0.05) is 13.2 Å². The first-order valence-corrected chi connectivity index (χ1v) is 7.95. The van der Waals surface area contributed by atoms with Crippen LogP contribution in [0.15, 0.2) is 0 Å².